The standard InChI is InChI=1S/C14H15NO3S/c16-14(17)13-11(3-5-18-13)8-15(12-1-2-12)7-10-4-6-19-9-10/h3-6,9,12H,1-2,7-8H2,(H,16,17). The molecule has 2 aromatic heterocycles. The van der Waals surface area contributed by atoms with Crippen LogP contribution in [0, 0.1) is 0 Å². The van der Waals surface area contributed by atoms with Gasteiger partial charge >= 0.3 is 5.97 Å². The quantitative estimate of drug-likeness (QED) is 0.881. The van der Waals surface area contributed by atoms with Gasteiger partial charge in [-0.25, -0.2) is 4.79 Å². The summed E-state index contributed by atoms with van der Waals surface area (Å²) in [5.74, 6) is -0.928. The lowest BCUT2D eigenvalue weighted by Gasteiger charge is -2.21. The second kappa shape index (κ2) is 5.19. The molecule has 0 unspecified atom stereocenters. The molecular formula is C14H15NO3S. The molecule has 0 saturated heterocycles. The van der Waals surface area contributed by atoms with Gasteiger partial charge in [-0.3, -0.25) is 4.90 Å². The van der Waals surface area contributed by atoms with E-state index in [-0.39, 0.29) is 5.76 Å². The normalized spacial score (nSPS) is 15.0. The van der Waals surface area contributed by atoms with Crippen molar-refractivity contribution < 1.29 is 14.3 Å². The summed E-state index contributed by atoms with van der Waals surface area (Å²) < 4.78 is 5.04. The number of furan rings is 1. The van der Waals surface area contributed by atoms with Crippen LogP contribution < -0.4 is 0 Å². The molecule has 0 atom stereocenters. The van der Waals surface area contributed by atoms with Crippen LogP contribution in [0.15, 0.2) is 33.6 Å². The predicted molar refractivity (Wildman–Crippen MR) is 72.3 cm³/mol. The molecule has 0 aliphatic heterocycles. The van der Waals surface area contributed by atoms with Gasteiger partial charge in [-0.05, 0) is 41.3 Å². The molecule has 5 heteroatoms. The second-order valence-corrected chi connectivity index (χ2v) is 5.63. The lowest BCUT2D eigenvalue weighted by molar-refractivity contribution is 0.0658. The van der Waals surface area contributed by atoms with E-state index in [1.807, 2.05) is 0 Å². The molecule has 2 heterocycles. The van der Waals surface area contributed by atoms with Gasteiger partial charge in [-0.2, -0.15) is 11.3 Å². The molecule has 4 nitrogen and oxygen atoms in total. The monoisotopic (exact) mass is 277 g/mol. The van der Waals surface area contributed by atoms with E-state index in [1.165, 1.54) is 24.7 Å². The van der Waals surface area contributed by atoms with Gasteiger partial charge in [0.15, 0.2) is 0 Å². The predicted octanol–water partition coefficient (Wildman–Crippen LogP) is 3.20. The van der Waals surface area contributed by atoms with Crippen molar-refractivity contribution >= 4 is 17.3 Å². The third kappa shape index (κ3) is 2.88. The van der Waals surface area contributed by atoms with E-state index in [0.29, 0.717) is 12.6 Å². The minimum absolute atomic E-state index is 0.0657. The summed E-state index contributed by atoms with van der Waals surface area (Å²) in [7, 11) is 0. The topological polar surface area (TPSA) is 53.7 Å². The number of aromatic carboxylic acids is 1. The van der Waals surface area contributed by atoms with Crippen molar-refractivity contribution in [3.63, 3.8) is 0 Å². The average Bonchev–Trinajstić information content (AvgIpc) is 2.90. The zero-order valence-electron chi connectivity index (χ0n) is 10.4. The highest BCUT2D eigenvalue weighted by atomic mass is 32.1. The van der Waals surface area contributed by atoms with Crippen LogP contribution in [-0.2, 0) is 13.1 Å². The molecule has 0 amide bonds. The van der Waals surface area contributed by atoms with Crippen LogP contribution in [0.5, 0.6) is 0 Å². The van der Waals surface area contributed by atoms with Crippen molar-refractivity contribution in [1.82, 2.24) is 4.90 Å². The van der Waals surface area contributed by atoms with Gasteiger partial charge in [0, 0.05) is 24.7 Å². The molecule has 1 aliphatic carbocycles. The highest BCUT2D eigenvalue weighted by Gasteiger charge is 2.30. The van der Waals surface area contributed by atoms with E-state index in [4.69, 9.17) is 9.52 Å². The molecular weight excluding hydrogens is 262 g/mol. The van der Waals surface area contributed by atoms with E-state index in [2.05, 4.69) is 21.7 Å². The number of carboxylic acid groups (broad SMARTS) is 1. The molecule has 2 aromatic rings. The van der Waals surface area contributed by atoms with Crippen LogP contribution in [0.1, 0.15) is 34.5 Å². The van der Waals surface area contributed by atoms with Gasteiger partial charge in [0.25, 0.3) is 0 Å². The largest absolute Gasteiger partial charge is 0.475 e. The van der Waals surface area contributed by atoms with E-state index in [0.717, 1.165) is 12.1 Å². The molecule has 0 radical (unpaired) electrons. The number of hydrogen-bond donors (Lipinski definition) is 1. The van der Waals surface area contributed by atoms with E-state index in [1.54, 1.807) is 17.4 Å². The van der Waals surface area contributed by atoms with Crippen LogP contribution >= 0.6 is 11.3 Å². The Balaban J connectivity index is 1.74. The maximum absolute atomic E-state index is 11.1. The molecule has 1 saturated carbocycles. The Labute approximate surface area is 115 Å². The Kier molecular flexibility index (Phi) is 3.40. The minimum atomic E-state index is -0.994. The fourth-order valence-corrected chi connectivity index (χ4v) is 2.90. The van der Waals surface area contributed by atoms with Gasteiger partial charge < -0.3 is 9.52 Å². The third-order valence-electron chi connectivity index (χ3n) is 3.34. The van der Waals surface area contributed by atoms with Crippen molar-refractivity contribution in [1.29, 1.82) is 0 Å². The highest BCUT2D eigenvalue weighted by molar-refractivity contribution is 7.07. The van der Waals surface area contributed by atoms with Crippen LogP contribution in [0.4, 0.5) is 0 Å². The van der Waals surface area contributed by atoms with E-state index < -0.39 is 5.97 Å². The average molecular weight is 277 g/mol. The number of rotatable bonds is 6. The van der Waals surface area contributed by atoms with Crippen molar-refractivity contribution in [3.05, 3.63) is 46.0 Å². The van der Waals surface area contributed by atoms with Crippen LogP contribution in [0.3, 0.4) is 0 Å². The van der Waals surface area contributed by atoms with Gasteiger partial charge in [-0.1, -0.05) is 0 Å². The smallest absolute Gasteiger partial charge is 0.372 e. The summed E-state index contributed by atoms with van der Waals surface area (Å²) in [6.45, 7) is 1.51. The Morgan fingerprint density at radius 3 is 2.89 bits per heavy atom. The maximum Gasteiger partial charge on any atom is 0.372 e. The summed E-state index contributed by atoms with van der Waals surface area (Å²) in [5.41, 5.74) is 2.05. The number of thiophene rings is 1. The SMILES string of the molecule is O=C(O)c1occc1CN(Cc1ccsc1)C1CC1. The van der Waals surface area contributed by atoms with Gasteiger partial charge in [-0.15, -0.1) is 0 Å². The van der Waals surface area contributed by atoms with Gasteiger partial charge in [0.05, 0.1) is 6.26 Å². The summed E-state index contributed by atoms with van der Waals surface area (Å²) >= 11 is 1.69. The van der Waals surface area contributed by atoms with Crippen LogP contribution in [-0.4, -0.2) is 22.0 Å². The van der Waals surface area contributed by atoms with Crippen molar-refractivity contribution in [3.8, 4) is 0 Å². The maximum atomic E-state index is 11.1. The molecule has 0 aromatic carbocycles. The first kappa shape index (κ1) is 12.4. The molecule has 1 fully saturated rings. The van der Waals surface area contributed by atoms with Crippen LogP contribution in [0.25, 0.3) is 0 Å². The summed E-state index contributed by atoms with van der Waals surface area (Å²) in [5, 5.41) is 13.3. The molecule has 100 valence electrons. The van der Waals surface area contributed by atoms with Crippen molar-refractivity contribution in [2.75, 3.05) is 0 Å². The molecule has 19 heavy (non-hydrogen) atoms. The van der Waals surface area contributed by atoms with Crippen molar-refractivity contribution in [2.45, 2.75) is 32.0 Å². The first-order valence-electron chi connectivity index (χ1n) is 6.29. The molecule has 0 bridgehead atoms. The third-order valence-corrected chi connectivity index (χ3v) is 4.08. The first-order chi connectivity index (χ1) is 9.24. The lowest BCUT2D eigenvalue weighted by Crippen LogP contribution is -2.25. The number of carbonyl (C=O) groups is 1. The summed E-state index contributed by atoms with van der Waals surface area (Å²) in [4.78, 5) is 13.4. The van der Waals surface area contributed by atoms with E-state index >= 15 is 0 Å². The Morgan fingerprint density at radius 2 is 2.26 bits per heavy atom. The number of hydrogen-bond acceptors (Lipinski definition) is 4. The second-order valence-electron chi connectivity index (χ2n) is 4.85. The van der Waals surface area contributed by atoms with E-state index in [9.17, 15) is 4.79 Å². The summed E-state index contributed by atoms with van der Waals surface area (Å²) in [6, 6.07) is 4.46. The molecule has 1 N–H and O–H groups in total. The minimum Gasteiger partial charge on any atom is -0.475 e. The fourth-order valence-electron chi connectivity index (χ4n) is 2.24. The first-order valence-corrected chi connectivity index (χ1v) is 7.23. The van der Waals surface area contributed by atoms with Gasteiger partial charge in [0.2, 0.25) is 5.76 Å². The zero-order chi connectivity index (χ0) is 13.2. The summed E-state index contributed by atoms with van der Waals surface area (Å²) in [6.07, 6.45) is 3.85. The van der Waals surface area contributed by atoms with Crippen LogP contribution in [0.2, 0.25) is 0 Å². The number of nitrogens with zero attached hydrogens (tertiary/aromatic N) is 1. The Morgan fingerprint density at radius 1 is 1.42 bits per heavy atom. The Hall–Kier alpha value is -1.59. The highest BCUT2D eigenvalue weighted by Crippen LogP contribution is 2.30. The van der Waals surface area contributed by atoms with Gasteiger partial charge in [0.1, 0.15) is 0 Å². The zero-order valence-corrected chi connectivity index (χ0v) is 11.2. The Bertz CT molecular complexity index is 557. The molecule has 3 rings (SSSR count). The fraction of sp³-hybridized carbons (Fsp3) is 0.357. The molecule has 0 spiro atoms. The number of carboxylic acids is 1. The molecule has 1 aliphatic rings. The lowest BCUT2D eigenvalue weighted by atomic mass is 10.2. The van der Waals surface area contributed by atoms with Crippen molar-refractivity contribution in [2.24, 2.45) is 0 Å².